The average molecular weight is 303 g/mol. The topological polar surface area (TPSA) is 72.0 Å². The minimum atomic E-state index is 0.0691. The van der Waals surface area contributed by atoms with E-state index in [1.54, 1.807) is 23.1 Å². The minimum absolute atomic E-state index is 0.0691. The van der Waals surface area contributed by atoms with Gasteiger partial charge in [0.1, 0.15) is 16.5 Å². The lowest BCUT2D eigenvalue weighted by molar-refractivity contribution is 0.282. The number of aliphatic hydroxyl groups excluding tert-OH is 1. The molecule has 0 unspecified atom stereocenters. The van der Waals surface area contributed by atoms with Crippen LogP contribution < -0.4 is 5.73 Å². The number of nitrogen functional groups attached to an aromatic ring is 1. The molecule has 0 aliphatic rings. The van der Waals surface area contributed by atoms with Gasteiger partial charge in [0.25, 0.3) is 0 Å². The van der Waals surface area contributed by atoms with Crippen LogP contribution in [0.15, 0.2) is 40.6 Å². The SMILES string of the molecule is Nc1nc(CSc2ccc(CO)cc2)nc2sccc12. The molecule has 2 aromatic heterocycles. The fourth-order valence-electron chi connectivity index (χ4n) is 1.83. The maximum absolute atomic E-state index is 9.01. The Bertz CT molecular complexity index is 725. The lowest BCUT2D eigenvalue weighted by Crippen LogP contribution is -1.98. The first kappa shape index (κ1) is 13.4. The molecule has 102 valence electrons. The van der Waals surface area contributed by atoms with Crippen LogP contribution >= 0.6 is 23.1 Å². The highest BCUT2D eigenvalue weighted by atomic mass is 32.2. The number of rotatable bonds is 4. The third-order valence-corrected chi connectivity index (χ3v) is 4.69. The van der Waals surface area contributed by atoms with Crippen LogP contribution in [0.2, 0.25) is 0 Å². The molecule has 4 nitrogen and oxygen atoms in total. The third-order valence-electron chi connectivity index (χ3n) is 2.87. The van der Waals surface area contributed by atoms with Crippen LogP contribution in [0.5, 0.6) is 0 Å². The van der Waals surface area contributed by atoms with E-state index in [4.69, 9.17) is 10.8 Å². The predicted octanol–water partition coefficient (Wildman–Crippen LogP) is 3.06. The third kappa shape index (κ3) is 2.77. The Morgan fingerprint density at radius 1 is 1.15 bits per heavy atom. The summed E-state index contributed by atoms with van der Waals surface area (Å²) in [5.74, 6) is 1.97. The molecule has 0 atom stereocenters. The number of hydrogen-bond acceptors (Lipinski definition) is 6. The highest BCUT2D eigenvalue weighted by Crippen LogP contribution is 2.26. The second-order valence-electron chi connectivity index (χ2n) is 4.26. The van der Waals surface area contributed by atoms with Gasteiger partial charge in [0.05, 0.1) is 17.7 Å². The van der Waals surface area contributed by atoms with Gasteiger partial charge < -0.3 is 10.8 Å². The summed E-state index contributed by atoms with van der Waals surface area (Å²) in [6.07, 6.45) is 0. The van der Waals surface area contributed by atoms with Gasteiger partial charge in [0.2, 0.25) is 0 Å². The first-order valence-corrected chi connectivity index (χ1v) is 7.95. The van der Waals surface area contributed by atoms with E-state index in [-0.39, 0.29) is 6.61 Å². The lowest BCUT2D eigenvalue weighted by Gasteiger charge is -2.04. The average Bonchev–Trinajstić information content (AvgIpc) is 2.94. The van der Waals surface area contributed by atoms with Crippen LogP contribution in [0.25, 0.3) is 10.2 Å². The van der Waals surface area contributed by atoms with Crippen molar-refractivity contribution in [3.8, 4) is 0 Å². The predicted molar refractivity (Wildman–Crippen MR) is 83.8 cm³/mol. The van der Waals surface area contributed by atoms with Crippen molar-refractivity contribution >= 4 is 39.1 Å². The summed E-state index contributed by atoms with van der Waals surface area (Å²) in [6.45, 7) is 0.0691. The van der Waals surface area contributed by atoms with Gasteiger partial charge in [-0.1, -0.05) is 12.1 Å². The summed E-state index contributed by atoms with van der Waals surface area (Å²) >= 11 is 3.23. The molecule has 0 saturated heterocycles. The normalized spacial score (nSPS) is 11.1. The molecule has 3 aromatic rings. The molecule has 0 amide bonds. The van der Waals surface area contributed by atoms with Gasteiger partial charge in [-0.05, 0) is 29.1 Å². The molecular weight excluding hydrogens is 290 g/mol. The Morgan fingerprint density at radius 3 is 2.70 bits per heavy atom. The number of aromatic nitrogens is 2. The smallest absolute Gasteiger partial charge is 0.142 e. The molecule has 0 spiro atoms. The Morgan fingerprint density at radius 2 is 1.95 bits per heavy atom. The van der Waals surface area contributed by atoms with Crippen LogP contribution in [0, 0.1) is 0 Å². The number of aliphatic hydroxyl groups is 1. The van der Waals surface area contributed by atoms with Crippen LogP contribution in [0.1, 0.15) is 11.4 Å². The molecule has 3 rings (SSSR count). The zero-order chi connectivity index (χ0) is 13.9. The first-order valence-electron chi connectivity index (χ1n) is 6.08. The van der Waals surface area contributed by atoms with Crippen molar-refractivity contribution in [2.75, 3.05) is 5.73 Å². The largest absolute Gasteiger partial charge is 0.392 e. The maximum atomic E-state index is 9.01. The highest BCUT2D eigenvalue weighted by molar-refractivity contribution is 7.98. The Kier molecular flexibility index (Phi) is 3.86. The molecule has 3 N–H and O–H groups in total. The van der Waals surface area contributed by atoms with Crippen molar-refractivity contribution in [2.24, 2.45) is 0 Å². The molecule has 0 bridgehead atoms. The Balaban J connectivity index is 1.75. The summed E-state index contributed by atoms with van der Waals surface area (Å²) in [5, 5.41) is 11.9. The van der Waals surface area contributed by atoms with E-state index in [9.17, 15) is 0 Å². The van der Waals surface area contributed by atoms with Gasteiger partial charge in [-0.15, -0.1) is 23.1 Å². The second-order valence-corrected chi connectivity index (χ2v) is 6.20. The van der Waals surface area contributed by atoms with Gasteiger partial charge in [-0.3, -0.25) is 0 Å². The van der Waals surface area contributed by atoms with E-state index < -0.39 is 0 Å². The number of nitrogens with zero attached hydrogens (tertiary/aromatic N) is 2. The number of benzene rings is 1. The van der Waals surface area contributed by atoms with Crippen molar-refractivity contribution in [1.29, 1.82) is 0 Å². The summed E-state index contributed by atoms with van der Waals surface area (Å²) in [6, 6.07) is 9.76. The van der Waals surface area contributed by atoms with Gasteiger partial charge in [0.15, 0.2) is 0 Å². The summed E-state index contributed by atoms with van der Waals surface area (Å²) in [5.41, 5.74) is 6.84. The number of thiophene rings is 1. The molecule has 0 aliphatic heterocycles. The highest BCUT2D eigenvalue weighted by Gasteiger charge is 2.06. The van der Waals surface area contributed by atoms with Crippen molar-refractivity contribution in [3.63, 3.8) is 0 Å². The molecule has 20 heavy (non-hydrogen) atoms. The van der Waals surface area contributed by atoms with Crippen LogP contribution in [-0.4, -0.2) is 15.1 Å². The molecule has 0 radical (unpaired) electrons. The van der Waals surface area contributed by atoms with Crippen molar-refractivity contribution in [2.45, 2.75) is 17.3 Å². The van der Waals surface area contributed by atoms with E-state index in [0.717, 1.165) is 26.5 Å². The van der Waals surface area contributed by atoms with Crippen LogP contribution in [-0.2, 0) is 12.4 Å². The number of fused-ring (bicyclic) bond motifs is 1. The second kappa shape index (κ2) is 5.78. The zero-order valence-corrected chi connectivity index (χ0v) is 12.2. The number of nitrogens with two attached hydrogens (primary N) is 1. The monoisotopic (exact) mass is 303 g/mol. The van der Waals surface area contributed by atoms with Gasteiger partial charge in [0, 0.05) is 4.90 Å². The maximum Gasteiger partial charge on any atom is 0.142 e. The quantitative estimate of drug-likeness (QED) is 0.725. The van der Waals surface area contributed by atoms with E-state index >= 15 is 0 Å². The van der Waals surface area contributed by atoms with Gasteiger partial charge >= 0.3 is 0 Å². The lowest BCUT2D eigenvalue weighted by atomic mass is 10.2. The van der Waals surface area contributed by atoms with E-state index in [0.29, 0.717) is 11.6 Å². The van der Waals surface area contributed by atoms with E-state index in [1.165, 1.54) is 0 Å². The van der Waals surface area contributed by atoms with Crippen molar-refractivity contribution in [1.82, 2.24) is 9.97 Å². The fraction of sp³-hybridized carbons (Fsp3) is 0.143. The molecular formula is C14H13N3OS2. The molecule has 1 aromatic carbocycles. The van der Waals surface area contributed by atoms with Gasteiger partial charge in [-0.25, -0.2) is 9.97 Å². The molecule has 0 fully saturated rings. The fourth-order valence-corrected chi connectivity index (χ4v) is 3.37. The zero-order valence-electron chi connectivity index (χ0n) is 10.6. The van der Waals surface area contributed by atoms with Crippen LogP contribution in [0.3, 0.4) is 0 Å². The number of thioether (sulfide) groups is 1. The van der Waals surface area contributed by atoms with E-state index in [2.05, 4.69) is 9.97 Å². The van der Waals surface area contributed by atoms with Crippen molar-refractivity contribution < 1.29 is 5.11 Å². The Hall–Kier alpha value is -1.63. The Labute approximate surface area is 124 Å². The number of anilines is 1. The molecule has 0 aliphatic carbocycles. The number of hydrogen-bond donors (Lipinski definition) is 2. The first-order chi connectivity index (χ1) is 9.76. The summed E-state index contributed by atoms with van der Waals surface area (Å²) in [7, 11) is 0. The molecule has 6 heteroatoms. The molecule has 2 heterocycles. The summed E-state index contributed by atoms with van der Waals surface area (Å²) in [4.78, 5) is 10.9. The van der Waals surface area contributed by atoms with Crippen LogP contribution in [0.4, 0.5) is 5.82 Å². The van der Waals surface area contributed by atoms with Gasteiger partial charge in [-0.2, -0.15) is 0 Å². The van der Waals surface area contributed by atoms with E-state index in [1.807, 2.05) is 35.7 Å². The standard InChI is InChI=1S/C14H13N3OS2/c15-13-11-5-6-19-14(11)17-12(16-13)8-20-10-3-1-9(7-18)2-4-10/h1-6,18H,7-8H2,(H2,15,16,17). The molecule has 0 saturated carbocycles. The summed E-state index contributed by atoms with van der Waals surface area (Å²) < 4.78 is 0. The minimum Gasteiger partial charge on any atom is -0.392 e. The van der Waals surface area contributed by atoms with Crippen molar-refractivity contribution in [3.05, 3.63) is 47.1 Å².